The molecule has 0 aliphatic heterocycles. The quantitative estimate of drug-likeness (QED) is 0.0498. The number of nitrogens with zero attached hydrogens (tertiary/aromatic N) is 2. The molecular weight excluding hydrogens is 777 g/mol. The summed E-state index contributed by atoms with van der Waals surface area (Å²) < 4.78 is 23.1. The number of amides is 2. The van der Waals surface area contributed by atoms with Crippen LogP contribution in [0, 0.1) is 6.92 Å². The predicted octanol–water partition coefficient (Wildman–Crippen LogP) is 14.1. The van der Waals surface area contributed by atoms with Crippen LogP contribution in [0.2, 0.25) is 0 Å². The lowest BCUT2D eigenvalue weighted by molar-refractivity contribution is -0.891. The van der Waals surface area contributed by atoms with Crippen LogP contribution in [0.1, 0.15) is 199 Å². The number of rotatable bonds is 44. The van der Waals surface area contributed by atoms with Crippen LogP contribution in [-0.2, 0) is 18.9 Å². The van der Waals surface area contributed by atoms with Crippen molar-refractivity contribution in [1.82, 2.24) is 4.90 Å². The van der Waals surface area contributed by atoms with Crippen molar-refractivity contribution in [2.45, 2.75) is 201 Å². The highest BCUT2D eigenvalue weighted by atomic mass is 16.6. The number of ether oxygens (including phenoxy) is 4. The van der Waals surface area contributed by atoms with Gasteiger partial charge in [0.2, 0.25) is 0 Å². The van der Waals surface area contributed by atoms with E-state index in [1.54, 1.807) is 12.1 Å². The first-order valence-electron chi connectivity index (χ1n) is 25.8. The minimum atomic E-state index is -0.567. The second-order valence-electron chi connectivity index (χ2n) is 18.7. The maximum atomic E-state index is 12.5. The third kappa shape index (κ3) is 37.0. The van der Waals surface area contributed by atoms with Crippen molar-refractivity contribution >= 4 is 23.6 Å². The molecular formula is C52H99N4O6+. The van der Waals surface area contributed by atoms with E-state index < -0.39 is 12.2 Å². The van der Waals surface area contributed by atoms with Gasteiger partial charge in [0.05, 0.1) is 47.1 Å². The van der Waals surface area contributed by atoms with Gasteiger partial charge in [-0.3, -0.25) is 10.6 Å². The third-order valence-electron chi connectivity index (χ3n) is 12.1. The number of anilines is 2. The Hall–Kier alpha value is -2.40. The van der Waals surface area contributed by atoms with Crippen LogP contribution in [0.15, 0.2) is 18.2 Å². The van der Waals surface area contributed by atoms with E-state index in [2.05, 4.69) is 50.5 Å². The molecule has 1 aromatic rings. The standard InChI is InChI=1S/C52H98N4O6/c1-7-9-11-13-15-17-19-21-23-25-27-29-31-33-37-55(4)38-41-59-43-45-62-52(58)54-50-47-49(36-35-48(50)3)53-51(57)61-46-44-60-42-40-56(5,6)39-34-32-30-28-26-24-22-20-18-16-14-12-10-8-2/h35-36,47H,7-34,37-46H2,1-6H3,(H-,53,54,57,58)/p+1. The number of nitrogens with one attached hydrogen (secondary N) is 2. The van der Waals surface area contributed by atoms with Gasteiger partial charge in [0.15, 0.2) is 0 Å². The van der Waals surface area contributed by atoms with Crippen LogP contribution in [0.5, 0.6) is 0 Å². The van der Waals surface area contributed by atoms with Gasteiger partial charge in [-0.15, -0.1) is 0 Å². The first-order valence-corrected chi connectivity index (χ1v) is 25.8. The number of carbonyl (C=O) groups excluding carboxylic acids is 2. The fraction of sp³-hybridized carbons (Fsp3) is 0.846. The Morgan fingerprint density at radius 1 is 0.500 bits per heavy atom. The lowest BCUT2D eigenvalue weighted by Crippen LogP contribution is -2.43. The topological polar surface area (TPSA) is 98.4 Å². The van der Waals surface area contributed by atoms with E-state index in [0.717, 1.165) is 36.2 Å². The monoisotopic (exact) mass is 876 g/mol. The average Bonchev–Trinajstić information content (AvgIpc) is 3.24. The summed E-state index contributed by atoms with van der Waals surface area (Å²) in [5.74, 6) is 0. The summed E-state index contributed by atoms with van der Waals surface area (Å²) in [5.41, 5.74) is 1.91. The number of quaternary nitrogens is 1. The van der Waals surface area contributed by atoms with Crippen molar-refractivity contribution in [1.29, 1.82) is 0 Å². The molecule has 362 valence electrons. The van der Waals surface area contributed by atoms with E-state index in [-0.39, 0.29) is 13.2 Å². The minimum absolute atomic E-state index is 0.163. The molecule has 62 heavy (non-hydrogen) atoms. The zero-order valence-corrected chi connectivity index (χ0v) is 41.4. The lowest BCUT2D eigenvalue weighted by Gasteiger charge is -2.29. The highest BCUT2D eigenvalue weighted by Crippen LogP contribution is 2.21. The van der Waals surface area contributed by atoms with Gasteiger partial charge >= 0.3 is 12.2 Å². The zero-order valence-electron chi connectivity index (χ0n) is 41.4. The van der Waals surface area contributed by atoms with Gasteiger partial charge in [-0.05, 0) is 57.5 Å². The molecule has 0 atom stereocenters. The van der Waals surface area contributed by atoms with E-state index in [0.29, 0.717) is 37.8 Å². The lowest BCUT2D eigenvalue weighted by atomic mass is 10.0. The molecule has 2 N–H and O–H groups in total. The molecule has 0 bridgehead atoms. The zero-order chi connectivity index (χ0) is 45.2. The van der Waals surface area contributed by atoms with Gasteiger partial charge in [0.1, 0.15) is 19.8 Å². The molecule has 10 heteroatoms. The maximum Gasteiger partial charge on any atom is 0.411 e. The van der Waals surface area contributed by atoms with Gasteiger partial charge in [-0.1, -0.05) is 180 Å². The fourth-order valence-electron chi connectivity index (χ4n) is 7.79. The molecule has 0 heterocycles. The first-order chi connectivity index (χ1) is 30.2. The average molecular weight is 876 g/mol. The van der Waals surface area contributed by atoms with Crippen LogP contribution in [0.25, 0.3) is 0 Å². The van der Waals surface area contributed by atoms with Gasteiger partial charge in [0.25, 0.3) is 0 Å². The van der Waals surface area contributed by atoms with Crippen molar-refractivity contribution in [2.75, 3.05) is 97.6 Å². The SMILES string of the molecule is CCCCCCCCCCCCCCCCN(C)CCOCCOC(=O)Nc1cc(NC(=O)OCCOCC[N+](C)(C)CCCCCCCCCCCCCCCC)ccc1C. The van der Waals surface area contributed by atoms with Crippen LogP contribution < -0.4 is 10.6 Å². The fourth-order valence-corrected chi connectivity index (χ4v) is 7.79. The third-order valence-corrected chi connectivity index (χ3v) is 12.1. The van der Waals surface area contributed by atoms with Gasteiger partial charge < -0.3 is 28.3 Å². The van der Waals surface area contributed by atoms with Crippen molar-refractivity contribution in [3.63, 3.8) is 0 Å². The summed E-state index contributed by atoms with van der Waals surface area (Å²) in [7, 11) is 6.66. The van der Waals surface area contributed by atoms with Crippen molar-refractivity contribution in [3.05, 3.63) is 23.8 Å². The predicted molar refractivity (Wildman–Crippen MR) is 263 cm³/mol. The van der Waals surface area contributed by atoms with Gasteiger partial charge in [0, 0.05) is 17.9 Å². The summed E-state index contributed by atoms with van der Waals surface area (Å²) in [6, 6.07) is 5.29. The minimum Gasteiger partial charge on any atom is -0.447 e. The van der Waals surface area contributed by atoms with Crippen molar-refractivity contribution in [3.8, 4) is 0 Å². The Kier molecular flexibility index (Phi) is 38.4. The summed E-state index contributed by atoms with van der Waals surface area (Å²) >= 11 is 0. The van der Waals surface area contributed by atoms with Crippen LogP contribution in [0.3, 0.4) is 0 Å². The summed E-state index contributed by atoms with van der Waals surface area (Å²) in [6.45, 7) is 12.7. The molecule has 0 saturated heterocycles. The van der Waals surface area contributed by atoms with E-state index in [4.69, 9.17) is 18.9 Å². The van der Waals surface area contributed by atoms with Crippen LogP contribution in [-0.4, -0.2) is 109 Å². The molecule has 0 fully saturated rings. The number of hydrogen-bond donors (Lipinski definition) is 2. The molecule has 0 unspecified atom stereocenters. The molecule has 0 radical (unpaired) electrons. The smallest absolute Gasteiger partial charge is 0.411 e. The molecule has 1 rings (SSSR count). The highest BCUT2D eigenvalue weighted by Gasteiger charge is 2.14. The number of likely N-dealkylation sites (N-methyl/N-ethyl adjacent to an activating group) is 2. The summed E-state index contributed by atoms with van der Waals surface area (Å²) in [5, 5.41) is 5.50. The van der Waals surface area contributed by atoms with E-state index in [1.807, 2.05) is 13.0 Å². The second kappa shape index (κ2) is 41.3. The number of aryl methyl sites for hydroxylation is 1. The Balaban J connectivity index is 2.04. The second-order valence-corrected chi connectivity index (χ2v) is 18.7. The number of hydrogen-bond acceptors (Lipinski definition) is 7. The summed E-state index contributed by atoms with van der Waals surface area (Å²) in [4.78, 5) is 27.2. The Labute approximate surface area is 382 Å². The Morgan fingerprint density at radius 2 is 0.919 bits per heavy atom. The van der Waals surface area contributed by atoms with Gasteiger partial charge in [-0.2, -0.15) is 0 Å². The Bertz CT molecular complexity index is 1180. The molecule has 10 nitrogen and oxygen atoms in total. The van der Waals surface area contributed by atoms with Crippen molar-refractivity contribution in [2.24, 2.45) is 0 Å². The number of unbranched alkanes of at least 4 members (excludes halogenated alkanes) is 26. The maximum absolute atomic E-state index is 12.5. The molecule has 0 aromatic heterocycles. The number of benzene rings is 1. The molecule has 1 aromatic carbocycles. The molecule has 0 spiro atoms. The highest BCUT2D eigenvalue weighted by molar-refractivity contribution is 5.89. The summed E-state index contributed by atoms with van der Waals surface area (Å²) in [6.07, 6.45) is 37.4. The Morgan fingerprint density at radius 3 is 1.40 bits per heavy atom. The number of carbonyl (C=O) groups is 2. The van der Waals surface area contributed by atoms with Crippen LogP contribution >= 0.6 is 0 Å². The van der Waals surface area contributed by atoms with E-state index in [9.17, 15) is 9.59 Å². The van der Waals surface area contributed by atoms with E-state index >= 15 is 0 Å². The normalized spacial score (nSPS) is 11.7. The molecule has 0 aliphatic carbocycles. The molecule has 0 aliphatic rings. The molecule has 0 saturated carbocycles. The van der Waals surface area contributed by atoms with Crippen molar-refractivity contribution < 1.29 is 33.0 Å². The van der Waals surface area contributed by atoms with Gasteiger partial charge in [-0.25, -0.2) is 9.59 Å². The largest absolute Gasteiger partial charge is 0.447 e. The van der Waals surface area contributed by atoms with E-state index in [1.165, 1.54) is 180 Å². The molecule has 2 amide bonds. The first kappa shape index (κ1) is 57.6. The van der Waals surface area contributed by atoms with Crippen LogP contribution in [0.4, 0.5) is 21.0 Å².